The minimum atomic E-state index is -1.12. The highest BCUT2D eigenvalue weighted by Crippen LogP contribution is 2.47. The van der Waals surface area contributed by atoms with E-state index >= 15 is 0 Å². The zero-order chi connectivity index (χ0) is 22.9. The summed E-state index contributed by atoms with van der Waals surface area (Å²) >= 11 is 5.89. The van der Waals surface area contributed by atoms with Crippen molar-refractivity contribution in [2.75, 3.05) is 6.61 Å². The molecule has 6 atom stereocenters. The van der Waals surface area contributed by atoms with Gasteiger partial charge < -0.3 is 20.5 Å². The second-order valence-electron chi connectivity index (χ2n) is 10.4. The Hall–Kier alpha value is -0.990. The van der Waals surface area contributed by atoms with Gasteiger partial charge in [-0.15, -0.1) is 11.6 Å². The van der Waals surface area contributed by atoms with Gasteiger partial charge in [0.15, 0.2) is 0 Å². The molecule has 0 radical (unpaired) electrons. The first-order valence-electron chi connectivity index (χ1n) is 12.1. The van der Waals surface area contributed by atoms with Crippen molar-refractivity contribution in [2.45, 2.75) is 118 Å². The fraction of sp³-hybridized carbons (Fsp3) is 0.913. The summed E-state index contributed by atoms with van der Waals surface area (Å²) in [5.41, 5.74) is -1.27. The number of ether oxygens (including phenoxy) is 1. The third kappa shape index (κ3) is 5.07. The van der Waals surface area contributed by atoms with Crippen LogP contribution in [0.15, 0.2) is 0 Å². The molecule has 5 saturated carbocycles. The molecule has 0 aromatic heterocycles. The van der Waals surface area contributed by atoms with Crippen molar-refractivity contribution in [1.82, 2.24) is 10.6 Å². The van der Waals surface area contributed by atoms with Crippen LogP contribution in [0.5, 0.6) is 0 Å². The highest BCUT2D eigenvalue weighted by Gasteiger charge is 2.55. The standard InChI is InChI=1S/C23H35ClF2N2O4/c24-16-6-5-14(11-18(16)26)32-13-20(30)27-22-7-9-23(10-8-22,19(29)12-22)28-21(31)15-3-1-2-4-17(15)25/h14-19,29H,1-13H2,(H,27,30)(H,28,31)/t14?,15?,16?,17?,18?,19-,22?,23?/m0/s1. The van der Waals surface area contributed by atoms with Crippen LogP contribution in [0, 0.1) is 5.92 Å². The number of carbonyl (C=O) groups is 2. The molecule has 0 spiro atoms. The van der Waals surface area contributed by atoms with Gasteiger partial charge in [-0.25, -0.2) is 8.78 Å². The van der Waals surface area contributed by atoms with Gasteiger partial charge in [0.25, 0.3) is 0 Å². The summed E-state index contributed by atoms with van der Waals surface area (Å²) in [6.45, 7) is -0.149. The molecule has 0 saturated heterocycles. The van der Waals surface area contributed by atoms with Crippen LogP contribution in [0.1, 0.15) is 77.0 Å². The minimum absolute atomic E-state index is 0.149. The molecule has 3 N–H and O–H groups in total. The van der Waals surface area contributed by atoms with Gasteiger partial charge in [0.05, 0.1) is 29.0 Å². The van der Waals surface area contributed by atoms with Gasteiger partial charge in [-0.1, -0.05) is 12.8 Å². The number of fused-ring (bicyclic) bond motifs is 3. The van der Waals surface area contributed by atoms with Crippen molar-refractivity contribution in [3.05, 3.63) is 0 Å². The van der Waals surface area contributed by atoms with Crippen molar-refractivity contribution in [2.24, 2.45) is 5.92 Å². The van der Waals surface area contributed by atoms with Gasteiger partial charge in [0.2, 0.25) is 11.8 Å². The molecule has 182 valence electrons. The van der Waals surface area contributed by atoms with E-state index < -0.39 is 40.8 Å². The molecular weight excluding hydrogens is 442 g/mol. The summed E-state index contributed by atoms with van der Waals surface area (Å²) < 4.78 is 33.6. The number of alkyl halides is 3. The van der Waals surface area contributed by atoms with Crippen LogP contribution >= 0.6 is 11.6 Å². The Morgan fingerprint density at radius 1 is 1.00 bits per heavy atom. The first-order valence-corrected chi connectivity index (χ1v) is 12.5. The largest absolute Gasteiger partial charge is 0.391 e. The summed E-state index contributed by atoms with van der Waals surface area (Å²) in [7, 11) is 0. The quantitative estimate of drug-likeness (QED) is 0.514. The van der Waals surface area contributed by atoms with Crippen molar-refractivity contribution in [3.63, 3.8) is 0 Å². The molecule has 5 unspecified atom stereocenters. The molecule has 2 bridgehead atoms. The maximum absolute atomic E-state index is 14.2. The summed E-state index contributed by atoms with van der Waals surface area (Å²) in [6.07, 6.45) is 3.32. The van der Waals surface area contributed by atoms with Crippen molar-refractivity contribution < 1.29 is 28.2 Å². The number of halogens is 3. The summed E-state index contributed by atoms with van der Waals surface area (Å²) in [4.78, 5) is 25.3. The van der Waals surface area contributed by atoms with E-state index in [1.807, 2.05) is 0 Å². The van der Waals surface area contributed by atoms with Crippen molar-refractivity contribution in [1.29, 1.82) is 0 Å². The highest BCUT2D eigenvalue weighted by molar-refractivity contribution is 6.21. The molecule has 5 aliphatic carbocycles. The molecule has 5 aliphatic rings. The van der Waals surface area contributed by atoms with Gasteiger partial charge in [0, 0.05) is 12.0 Å². The highest BCUT2D eigenvalue weighted by atomic mass is 35.5. The average Bonchev–Trinajstić information content (AvgIpc) is 2.76. The van der Waals surface area contributed by atoms with Crippen LogP contribution in [0.25, 0.3) is 0 Å². The minimum Gasteiger partial charge on any atom is -0.391 e. The molecule has 9 heteroatoms. The lowest BCUT2D eigenvalue weighted by Crippen LogP contribution is -2.70. The lowest BCUT2D eigenvalue weighted by Gasteiger charge is -2.56. The molecule has 0 aliphatic heterocycles. The lowest BCUT2D eigenvalue weighted by molar-refractivity contribution is -0.142. The third-order valence-electron chi connectivity index (χ3n) is 8.21. The van der Waals surface area contributed by atoms with E-state index in [4.69, 9.17) is 16.3 Å². The van der Waals surface area contributed by atoms with E-state index in [0.717, 1.165) is 12.8 Å². The summed E-state index contributed by atoms with van der Waals surface area (Å²) in [6, 6.07) is 0. The van der Waals surface area contributed by atoms with Crippen LogP contribution in [-0.4, -0.2) is 64.5 Å². The van der Waals surface area contributed by atoms with Crippen LogP contribution in [0.2, 0.25) is 0 Å². The second-order valence-corrected chi connectivity index (χ2v) is 10.9. The van der Waals surface area contributed by atoms with Gasteiger partial charge in [-0.2, -0.15) is 0 Å². The first-order chi connectivity index (χ1) is 15.2. The number of amides is 2. The topological polar surface area (TPSA) is 87.7 Å². The number of aliphatic hydroxyl groups is 1. The van der Waals surface area contributed by atoms with Gasteiger partial charge in [0.1, 0.15) is 19.0 Å². The molecule has 6 nitrogen and oxygen atoms in total. The number of carbonyl (C=O) groups excluding carboxylic acids is 2. The zero-order valence-electron chi connectivity index (χ0n) is 18.5. The van der Waals surface area contributed by atoms with E-state index in [1.165, 1.54) is 0 Å². The fourth-order valence-corrected chi connectivity index (χ4v) is 6.33. The Bertz CT molecular complexity index is 703. The summed E-state index contributed by atoms with van der Waals surface area (Å²) in [5, 5.41) is 16.4. The zero-order valence-corrected chi connectivity index (χ0v) is 19.2. The average molecular weight is 477 g/mol. The number of aliphatic hydroxyl groups excluding tert-OH is 1. The molecule has 5 rings (SSSR count). The first kappa shape index (κ1) is 24.1. The smallest absolute Gasteiger partial charge is 0.246 e. The third-order valence-corrected chi connectivity index (χ3v) is 8.70. The molecule has 32 heavy (non-hydrogen) atoms. The molecule has 0 heterocycles. The lowest BCUT2D eigenvalue weighted by atomic mass is 9.59. The van der Waals surface area contributed by atoms with E-state index in [2.05, 4.69) is 10.6 Å². The Labute approximate surface area is 193 Å². The Kier molecular flexibility index (Phi) is 7.32. The van der Waals surface area contributed by atoms with Crippen LogP contribution in [-0.2, 0) is 14.3 Å². The van der Waals surface area contributed by atoms with E-state index in [0.29, 0.717) is 57.8 Å². The molecule has 0 aromatic rings. The van der Waals surface area contributed by atoms with Crippen LogP contribution in [0.4, 0.5) is 8.78 Å². The molecule has 0 aromatic carbocycles. The van der Waals surface area contributed by atoms with Gasteiger partial charge in [-0.3, -0.25) is 9.59 Å². The maximum atomic E-state index is 14.2. The SMILES string of the molecule is O=C(COC1CCC(Cl)C(F)C1)NC12CCC(NC(=O)C3CCCCC3F)(CC1)[C@@H](O)C2. The van der Waals surface area contributed by atoms with E-state index in [-0.39, 0.29) is 30.9 Å². The Morgan fingerprint density at radius 2 is 1.72 bits per heavy atom. The van der Waals surface area contributed by atoms with Gasteiger partial charge >= 0.3 is 0 Å². The normalized spacial score (nSPS) is 44.1. The predicted octanol–water partition coefficient (Wildman–Crippen LogP) is 3.08. The number of hydrogen-bond acceptors (Lipinski definition) is 4. The van der Waals surface area contributed by atoms with E-state index in [1.54, 1.807) is 0 Å². The van der Waals surface area contributed by atoms with Crippen LogP contribution in [0.3, 0.4) is 0 Å². The number of hydrogen-bond donors (Lipinski definition) is 3. The fourth-order valence-electron chi connectivity index (χ4n) is 6.10. The predicted molar refractivity (Wildman–Crippen MR) is 116 cm³/mol. The van der Waals surface area contributed by atoms with Crippen LogP contribution < -0.4 is 10.6 Å². The number of nitrogens with one attached hydrogen (secondary N) is 2. The Morgan fingerprint density at radius 3 is 2.38 bits per heavy atom. The maximum Gasteiger partial charge on any atom is 0.246 e. The molecule has 2 amide bonds. The van der Waals surface area contributed by atoms with Gasteiger partial charge in [-0.05, 0) is 57.8 Å². The van der Waals surface area contributed by atoms with Crippen molar-refractivity contribution >= 4 is 23.4 Å². The van der Waals surface area contributed by atoms with E-state index in [9.17, 15) is 23.5 Å². The number of rotatable bonds is 6. The Balaban J connectivity index is 1.27. The van der Waals surface area contributed by atoms with Crippen molar-refractivity contribution in [3.8, 4) is 0 Å². The second kappa shape index (κ2) is 9.71. The summed E-state index contributed by atoms with van der Waals surface area (Å²) in [5.74, 6) is -1.20. The molecular formula is C23H35ClF2N2O4. The molecule has 5 fully saturated rings. The monoisotopic (exact) mass is 476 g/mol.